The Balaban J connectivity index is 1.36. The molecule has 2 aliphatic heterocycles. The van der Waals surface area contributed by atoms with Crippen LogP contribution in [0, 0.1) is 5.82 Å². The zero-order valence-corrected chi connectivity index (χ0v) is 23.9. The summed E-state index contributed by atoms with van der Waals surface area (Å²) in [6.45, 7) is 9.02. The van der Waals surface area contributed by atoms with Crippen LogP contribution in [-0.2, 0) is 4.74 Å². The maximum Gasteiger partial charge on any atom is 0.410 e. The summed E-state index contributed by atoms with van der Waals surface area (Å²) >= 11 is 6.56. The number of anilines is 1. The highest BCUT2D eigenvalue weighted by Crippen LogP contribution is 2.35. The van der Waals surface area contributed by atoms with Crippen molar-refractivity contribution in [2.24, 2.45) is 0 Å². The van der Waals surface area contributed by atoms with Crippen LogP contribution >= 0.6 is 11.6 Å². The van der Waals surface area contributed by atoms with Crippen LogP contribution in [0.5, 0.6) is 0 Å². The van der Waals surface area contributed by atoms with E-state index in [9.17, 15) is 14.0 Å². The van der Waals surface area contributed by atoms with Gasteiger partial charge in [-0.05, 0) is 70.0 Å². The minimum Gasteiger partial charge on any atom is -0.444 e. The summed E-state index contributed by atoms with van der Waals surface area (Å²) in [6.07, 6.45) is 2.68. The summed E-state index contributed by atoms with van der Waals surface area (Å²) < 4.78 is 20.7. The fourth-order valence-corrected chi connectivity index (χ4v) is 5.60. The van der Waals surface area contributed by atoms with Crippen LogP contribution in [-0.4, -0.2) is 76.5 Å². The molecule has 2 fully saturated rings. The third-order valence-corrected chi connectivity index (χ3v) is 7.73. The molecule has 2 aliphatic rings. The topological polar surface area (TPSA) is 70.9 Å². The average molecular weight is 568 g/mol. The van der Waals surface area contributed by atoms with Crippen molar-refractivity contribution in [1.29, 1.82) is 0 Å². The predicted molar refractivity (Wildman–Crippen MR) is 153 cm³/mol. The van der Waals surface area contributed by atoms with Crippen LogP contribution < -0.4 is 4.90 Å². The lowest BCUT2D eigenvalue weighted by Gasteiger charge is -2.37. The molecule has 0 spiro atoms. The molecule has 2 aromatic carbocycles. The van der Waals surface area contributed by atoms with E-state index in [1.165, 1.54) is 12.1 Å². The number of ether oxygens (including phenoxy) is 1. The number of piperidine rings is 1. The van der Waals surface area contributed by atoms with E-state index in [1.807, 2.05) is 49.9 Å². The highest BCUT2D eigenvalue weighted by molar-refractivity contribution is 6.32. The third kappa shape index (κ3) is 6.09. The Morgan fingerprint density at radius 2 is 1.57 bits per heavy atom. The van der Waals surface area contributed by atoms with Gasteiger partial charge in [-0.15, -0.1) is 0 Å². The first-order valence-corrected chi connectivity index (χ1v) is 14.1. The molecule has 0 bridgehead atoms. The van der Waals surface area contributed by atoms with Crippen LogP contribution in [0.4, 0.5) is 14.9 Å². The van der Waals surface area contributed by atoms with E-state index in [0.29, 0.717) is 68.4 Å². The summed E-state index contributed by atoms with van der Waals surface area (Å²) in [5.74, 6) is -0.323. The lowest BCUT2D eigenvalue weighted by atomic mass is 9.90. The molecule has 212 valence electrons. The van der Waals surface area contributed by atoms with E-state index < -0.39 is 5.60 Å². The van der Waals surface area contributed by atoms with Crippen molar-refractivity contribution >= 4 is 29.3 Å². The largest absolute Gasteiger partial charge is 0.444 e. The van der Waals surface area contributed by atoms with Crippen LogP contribution in [0.3, 0.4) is 0 Å². The van der Waals surface area contributed by atoms with Gasteiger partial charge in [0.1, 0.15) is 11.4 Å². The summed E-state index contributed by atoms with van der Waals surface area (Å²) in [5, 5.41) is 5.19. The monoisotopic (exact) mass is 567 g/mol. The Bertz CT molecular complexity index is 1350. The van der Waals surface area contributed by atoms with Gasteiger partial charge in [-0.25, -0.2) is 13.9 Å². The SMILES string of the molecule is CC(C)(C)OC(=O)N1CCC(c2c(C(=O)N3CCN(c4ccc(F)cc4)CC3)cnn2-c2ccccc2Cl)CC1. The van der Waals surface area contributed by atoms with Crippen LogP contribution in [0.25, 0.3) is 5.69 Å². The summed E-state index contributed by atoms with van der Waals surface area (Å²) in [5.41, 5.74) is 2.48. The van der Waals surface area contributed by atoms with Crippen molar-refractivity contribution in [3.05, 3.63) is 76.8 Å². The van der Waals surface area contributed by atoms with E-state index in [2.05, 4.69) is 10.00 Å². The fourth-order valence-electron chi connectivity index (χ4n) is 5.38. The number of likely N-dealkylation sites (tertiary alicyclic amines) is 1. The molecule has 2 saturated heterocycles. The molecule has 3 aromatic rings. The zero-order valence-electron chi connectivity index (χ0n) is 23.1. The second kappa shape index (κ2) is 11.5. The minimum atomic E-state index is -0.559. The molecule has 10 heteroatoms. The second-order valence-electron chi connectivity index (χ2n) is 11.3. The third-order valence-electron chi connectivity index (χ3n) is 7.41. The number of aromatic nitrogens is 2. The molecule has 8 nitrogen and oxygen atoms in total. The maximum absolute atomic E-state index is 13.9. The molecule has 0 aliphatic carbocycles. The first-order chi connectivity index (χ1) is 19.1. The van der Waals surface area contributed by atoms with E-state index in [4.69, 9.17) is 16.3 Å². The summed E-state index contributed by atoms with van der Waals surface area (Å²) in [6, 6.07) is 13.9. The second-order valence-corrected chi connectivity index (χ2v) is 11.7. The summed E-state index contributed by atoms with van der Waals surface area (Å²) in [4.78, 5) is 32.3. The lowest BCUT2D eigenvalue weighted by molar-refractivity contribution is 0.0203. The van der Waals surface area contributed by atoms with Gasteiger partial charge in [0, 0.05) is 50.9 Å². The molecule has 3 heterocycles. The zero-order chi connectivity index (χ0) is 28.4. The van der Waals surface area contributed by atoms with Crippen molar-refractivity contribution in [3.8, 4) is 5.69 Å². The molecule has 0 radical (unpaired) electrons. The molecule has 2 amide bonds. The van der Waals surface area contributed by atoms with Crippen molar-refractivity contribution in [1.82, 2.24) is 19.6 Å². The number of para-hydroxylation sites is 1. The van der Waals surface area contributed by atoms with E-state index in [-0.39, 0.29) is 23.7 Å². The van der Waals surface area contributed by atoms with Crippen LogP contribution in [0.15, 0.2) is 54.7 Å². The van der Waals surface area contributed by atoms with Crippen LogP contribution in [0.1, 0.15) is 55.6 Å². The highest BCUT2D eigenvalue weighted by Gasteiger charge is 2.34. The fraction of sp³-hybridized carbons (Fsp3) is 0.433. The van der Waals surface area contributed by atoms with Gasteiger partial charge in [0.15, 0.2) is 0 Å². The number of hydrogen-bond acceptors (Lipinski definition) is 5. The number of halogens is 2. The van der Waals surface area contributed by atoms with Gasteiger partial charge in [0.2, 0.25) is 0 Å². The van der Waals surface area contributed by atoms with E-state index in [0.717, 1.165) is 11.4 Å². The first kappa shape index (κ1) is 28.0. The lowest BCUT2D eigenvalue weighted by Crippen LogP contribution is -2.49. The normalized spacial score (nSPS) is 16.8. The van der Waals surface area contributed by atoms with Gasteiger partial charge in [-0.1, -0.05) is 23.7 Å². The minimum absolute atomic E-state index is 0.0110. The molecule has 1 aromatic heterocycles. The number of carbonyl (C=O) groups excluding carboxylic acids is 2. The Morgan fingerprint density at radius 1 is 0.925 bits per heavy atom. The number of benzene rings is 2. The molecule has 0 atom stereocenters. The quantitative estimate of drug-likeness (QED) is 0.402. The average Bonchev–Trinajstić information content (AvgIpc) is 3.37. The highest BCUT2D eigenvalue weighted by atomic mass is 35.5. The molecule has 0 N–H and O–H groups in total. The Morgan fingerprint density at radius 3 is 2.20 bits per heavy atom. The van der Waals surface area contributed by atoms with Crippen molar-refractivity contribution in [3.63, 3.8) is 0 Å². The number of carbonyl (C=O) groups is 2. The van der Waals surface area contributed by atoms with Gasteiger partial charge in [-0.2, -0.15) is 5.10 Å². The smallest absolute Gasteiger partial charge is 0.410 e. The first-order valence-electron chi connectivity index (χ1n) is 13.7. The van der Waals surface area contributed by atoms with Crippen molar-refractivity contribution in [2.75, 3.05) is 44.2 Å². The number of hydrogen-bond donors (Lipinski definition) is 0. The Kier molecular flexibility index (Phi) is 8.03. The molecule has 0 saturated carbocycles. The van der Waals surface area contributed by atoms with Gasteiger partial charge in [0.05, 0.1) is 28.2 Å². The predicted octanol–water partition coefficient (Wildman–Crippen LogP) is 5.74. The molecule has 0 unspecified atom stereocenters. The van der Waals surface area contributed by atoms with Gasteiger partial charge < -0.3 is 19.4 Å². The number of nitrogens with zero attached hydrogens (tertiary/aromatic N) is 5. The summed E-state index contributed by atoms with van der Waals surface area (Å²) in [7, 11) is 0. The van der Waals surface area contributed by atoms with Crippen LogP contribution in [0.2, 0.25) is 5.02 Å². The van der Waals surface area contributed by atoms with Gasteiger partial charge in [0.25, 0.3) is 5.91 Å². The number of amides is 2. The molecular weight excluding hydrogens is 533 g/mol. The van der Waals surface area contributed by atoms with Crippen molar-refractivity contribution < 1.29 is 18.7 Å². The van der Waals surface area contributed by atoms with E-state index >= 15 is 0 Å². The number of rotatable bonds is 4. The standard InChI is InChI=1S/C30H35ClFN5O3/c1-30(2,3)40-29(39)36-14-12-21(13-15-36)27-24(20-33-37(27)26-7-5-4-6-25(26)31)28(38)35-18-16-34(17-19-35)23-10-8-22(32)9-11-23/h4-11,20-21H,12-19H2,1-3H3. The van der Waals surface area contributed by atoms with Gasteiger partial charge >= 0.3 is 6.09 Å². The molecule has 40 heavy (non-hydrogen) atoms. The van der Waals surface area contributed by atoms with E-state index in [1.54, 1.807) is 27.9 Å². The molecule has 5 rings (SSSR count). The van der Waals surface area contributed by atoms with Crippen molar-refractivity contribution in [2.45, 2.75) is 45.1 Å². The Labute approximate surface area is 239 Å². The molecular formula is C30H35ClFN5O3. The Hall–Kier alpha value is -3.59. The van der Waals surface area contributed by atoms with Gasteiger partial charge in [-0.3, -0.25) is 4.79 Å². The maximum atomic E-state index is 13.9. The number of piperazine rings is 1.